The van der Waals surface area contributed by atoms with Crippen molar-refractivity contribution >= 4 is 0 Å². The molecule has 0 amide bonds. The van der Waals surface area contributed by atoms with E-state index in [0.29, 0.717) is 5.41 Å². The molecule has 1 heteroatoms. The highest BCUT2D eigenvalue weighted by atomic mass is 15.1. The molecule has 0 aromatic heterocycles. The van der Waals surface area contributed by atoms with Gasteiger partial charge in [0.1, 0.15) is 0 Å². The summed E-state index contributed by atoms with van der Waals surface area (Å²) in [7, 11) is 2.24. The third kappa shape index (κ3) is 9.97. The highest BCUT2D eigenvalue weighted by Crippen LogP contribution is 2.43. The minimum absolute atomic E-state index is 0.555. The molecule has 1 nitrogen and oxygen atoms in total. The Morgan fingerprint density at radius 2 is 1.44 bits per heavy atom. The van der Waals surface area contributed by atoms with Crippen LogP contribution in [0.4, 0.5) is 0 Å². The summed E-state index contributed by atoms with van der Waals surface area (Å²) in [4.78, 5) is 2.46. The van der Waals surface area contributed by atoms with Crippen LogP contribution in [0.15, 0.2) is 23.3 Å². The molecule has 2 fully saturated rings. The maximum Gasteiger partial charge on any atom is 0.0190 e. The summed E-state index contributed by atoms with van der Waals surface area (Å²) >= 11 is 0. The molecule has 0 aromatic carbocycles. The van der Waals surface area contributed by atoms with Gasteiger partial charge in [-0.1, -0.05) is 84.1 Å². The van der Waals surface area contributed by atoms with Crippen LogP contribution in [0, 0.1) is 17.3 Å². The van der Waals surface area contributed by atoms with Crippen LogP contribution in [-0.4, -0.2) is 25.0 Å². The van der Waals surface area contributed by atoms with Gasteiger partial charge in [0.05, 0.1) is 0 Å². The molecule has 1 aliphatic carbocycles. The van der Waals surface area contributed by atoms with Crippen LogP contribution in [0.2, 0.25) is 0 Å². The zero-order valence-corrected chi connectivity index (χ0v) is 19.7. The number of likely N-dealkylation sites (tertiary alicyclic amines) is 1. The number of allylic oxidation sites excluding steroid dienone is 3. The van der Waals surface area contributed by atoms with E-state index < -0.39 is 0 Å². The van der Waals surface area contributed by atoms with Gasteiger partial charge in [-0.3, -0.25) is 0 Å². The van der Waals surface area contributed by atoms with Crippen molar-refractivity contribution in [2.45, 2.75) is 106 Å². The van der Waals surface area contributed by atoms with Crippen LogP contribution in [0.25, 0.3) is 0 Å². The SMILES string of the molecule is CC/C=C1/CC(CCC)CC(C)(C)C1.CC/C=C1\CC(CCC)CN(C)C1. The minimum Gasteiger partial charge on any atom is -0.302 e. The Labute approximate surface area is 171 Å². The molecule has 0 N–H and O–H groups in total. The summed E-state index contributed by atoms with van der Waals surface area (Å²) < 4.78 is 0. The van der Waals surface area contributed by atoms with Crippen molar-refractivity contribution in [3.8, 4) is 0 Å². The van der Waals surface area contributed by atoms with Gasteiger partial charge < -0.3 is 4.90 Å². The smallest absolute Gasteiger partial charge is 0.0190 e. The third-order valence-electron chi connectivity index (χ3n) is 6.07. The van der Waals surface area contributed by atoms with Crippen LogP contribution in [0.1, 0.15) is 106 Å². The molecule has 1 heterocycles. The normalized spacial score (nSPS) is 28.9. The summed E-state index contributed by atoms with van der Waals surface area (Å²) in [5.41, 5.74) is 3.94. The zero-order chi connectivity index (χ0) is 20.3. The van der Waals surface area contributed by atoms with E-state index in [9.17, 15) is 0 Å². The minimum atomic E-state index is 0.555. The molecule has 1 aliphatic heterocycles. The molecule has 0 bridgehead atoms. The van der Waals surface area contributed by atoms with Gasteiger partial charge >= 0.3 is 0 Å². The van der Waals surface area contributed by atoms with E-state index in [-0.39, 0.29) is 0 Å². The standard InChI is InChI=1S/C14H26.C12H23N/c1-5-7-12-9-13(8-6-2)11-14(3,4)10-12;1-4-6-11-8-12(7-5-2)10-13(3)9-11/h7,13H,5-6,8-11H2,1-4H3;6,12H,4-5,7-10H2,1-3H3/b12-7-;11-6+. The van der Waals surface area contributed by atoms with Crippen molar-refractivity contribution in [3.63, 3.8) is 0 Å². The Bertz CT molecular complexity index is 457. The first-order valence-electron chi connectivity index (χ1n) is 11.9. The monoisotopic (exact) mass is 375 g/mol. The van der Waals surface area contributed by atoms with Gasteiger partial charge in [-0.2, -0.15) is 0 Å². The molecule has 0 aromatic rings. The van der Waals surface area contributed by atoms with Crippen molar-refractivity contribution < 1.29 is 0 Å². The lowest BCUT2D eigenvalue weighted by atomic mass is 9.69. The van der Waals surface area contributed by atoms with E-state index in [0.717, 1.165) is 11.8 Å². The molecular formula is C26H49N. The van der Waals surface area contributed by atoms with Gasteiger partial charge in [0.25, 0.3) is 0 Å². The number of piperidine rings is 1. The average Bonchev–Trinajstić information content (AvgIpc) is 2.54. The van der Waals surface area contributed by atoms with Crippen molar-refractivity contribution in [2.75, 3.05) is 20.1 Å². The number of nitrogens with zero attached hydrogens (tertiary/aromatic N) is 1. The summed E-state index contributed by atoms with van der Waals surface area (Å²) in [6, 6.07) is 0. The second-order valence-electron chi connectivity index (χ2n) is 10.0. The first-order chi connectivity index (χ1) is 12.8. The van der Waals surface area contributed by atoms with Gasteiger partial charge in [-0.15, -0.1) is 0 Å². The predicted octanol–water partition coefficient (Wildman–Crippen LogP) is 8.02. The second-order valence-corrected chi connectivity index (χ2v) is 10.0. The topological polar surface area (TPSA) is 3.24 Å². The lowest BCUT2D eigenvalue weighted by Gasteiger charge is -2.37. The molecule has 27 heavy (non-hydrogen) atoms. The first kappa shape index (κ1) is 24.5. The van der Waals surface area contributed by atoms with Crippen LogP contribution in [0.5, 0.6) is 0 Å². The second kappa shape index (κ2) is 12.8. The Morgan fingerprint density at radius 3 is 2.04 bits per heavy atom. The van der Waals surface area contributed by atoms with Crippen molar-refractivity contribution in [1.29, 1.82) is 0 Å². The number of hydrogen-bond acceptors (Lipinski definition) is 1. The van der Waals surface area contributed by atoms with E-state index in [2.05, 4.69) is 65.6 Å². The Balaban J connectivity index is 0.000000271. The number of likely N-dealkylation sites (N-methyl/N-ethyl adjacent to an activating group) is 1. The lowest BCUT2D eigenvalue weighted by Crippen LogP contribution is -2.33. The molecule has 1 saturated carbocycles. The Hall–Kier alpha value is -0.560. The Morgan fingerprint density at radius 1 is 0.889 bits per heavy atom. The molecule has 2 unspecified atom stereocenters. The molecule has 1 saturated heterocycles. The molecule has 2 rings (SSSR count). The van der Waals surface area contributed by atoms with E-state index in [1.54, 1.807) is 11.1 Å². The van der Waals surface area contributed by atoms with Gasteiger partial charge in [0.15, 0.2) is 0 Å². The van der Waals surface area contributed by atoms with E-state index in [1.807, 2.05) is 0 Å². The predicted molar refractivity (Wildman–Crippen MR) is 123 cm³/mol. The average molecular weight is 376 g/mol. The highest BCUT2D eigenvalue weighted by molar-refractivity contribution is 5.10. The zero-order valence-electron chi connectivity index (χ0n) is 19.7. The van der Waals surface area contributed by atoms with Crippen LogP contribution >= 0.6 is 0 Å². The number of rotatable bonds is 6. The van der Waals surface area contributed by atoms with Crippen LogP contribution in [0.3, 0.4) is 0 Å². The fourth-order valence-corrected chi connectivity index (χ4v) is 5.43. The summed E-state index contributed by atoms with van der Waals surface area (Å²) in [6.45, 7) is 16.4. The summed E-state index contributed by atoms with van der Waals surface area (Å²) in [5.74, 6) is 1.88. The van der Waals surface area contributed by atoms with E-state index in [4.69, 9.17) is 0 Å². The summed E-state index contributed by atoms with van der Waals surface area (Å²) in [6.07, 6.45) is 18.3. The molecule has 0 radical (unpaired) electrons. The largest absolute Gasteiger partial charge is 0.302 e. The van der Waals surface area contributed by atoms with Crippen molar-refractivity contribution in [2.24, 2.45) is 17.3 Å². The van der Waals surface area contributed by atoms with Crippen molar-refractivity contribution in [1.82, 2.24) is 4.90 Å². The Kier molecular flexibility index (Phi) is 11.6. The maximum atomic E-state index is 2.46. The molecule has 2 atom stereocenters. The number of hydrogen-bond donors (Lipinski definition) is 0. The fraction of sp³-hybridized carbons (Fsp3) is 0.846. The molecule has 2 aliphatic rings. The van der Waals surface area contributed by atoms with E-state index >= 15 is 0 Å². The highest BCUT2D eigenvalue weighted by Gasteiger charge is 2.29. The van der Waals surface area contributed by atoms with Crippen LogP contribution < -0.4 is 0 Å². The molecule has 158 valence electrons. The van der Waals surface area contributed by atoms with Gasteiger partial charge in [-0.05, 0) is 69.2 Å². The van der Waals surface area contributed by atoms with Crippen molar-refractivity contribution in [3.05, 3.63) is 23.3 Å². The molecular weight excluding hydrogens is 326 g/mol. The lowest BCUT2D eigenvalue weighted by molar-refractivity contribution is 0.213. The van der Waals surface area contributed by atoms with Gasteiger partial charge in [0, 0.05) is 13.1 Å². The maximum absolute atomic E-state index is 2.46. The van der Waals surface area contributed by atoms with Gasteiger partial charge in [0.2, 0.25) is 0 Å². The van der Waals surface area contributed by atoms with Crippen LogP contribution in [-0.2, 0) is 0 Å². The summed E-state index contributed by atoms with van der Waals surface area (Å²) in [5, 5.41) is 0. The van der Waals surface area contributed by atoms with Gasteiger partial charge in [-0.25, -0.2) is 0 Å². The first-order valence-corrected chi connectivity index (χ1v) is 11.9. The fourth-order valence-electron chi connectivity index (χ4n) is 5.43. The van der Waals surface area contributed by atoms with E-state index in [1.165, 1.54) is 77.3 Å². The third-order valence-corrected chi connectivity index (χ3v) is 6.07. The molecule has 0 spiro atoms. The quantitative estimate of drug-likeness (QED) is 0.425.